The number of nitrogens with one attached hydrogen (secondary N) is 1. The average Bonchev–Trinajstić information content (AvgIpc) is 2.91. The molecule has 0 heterocycles. The highest BCUT2D eigenvalue weighted by Gasteiger charge is 2.29. The molecular formula is C29H39Cl2N3O5S. The van der Waals surface area contributed by atoms with Crippen LogP contribution in [0.15, 0.2) is 42.5 Å². The Kier molecular flexibility index (Phi) is 12.0. The number of amides is 2. The molecule has 3 rings (SSSR count). The Balaban J connectivity index is 1.78. The van der Waals surface area contributed by atoms with E-state index in [1.165, 1.54) is 9.21 Å². The lowest BCUT2D eigenvalue weighted by molar-refractivity contribution is -0.141. The van der Waals surface area contributed by atoms with Crippen molar-refractivity contribution in [2.75, 3.05) is 23.7 Å². The van der Waals surface area contributed by atoms with Gasteiger partial charge in [-0.2, -0.15) is 0 Å². The van der Waals surface area contributed by atoms with Crippen LogP contribution in [-0.2, 0) is 26.2 Å². The Morgan fingerprint density at radius 2 is 1.70 bits per heavy atom. The van der Waals surface area contributed by atoms with Gasteiger partial charge in [0.05, 0.1) is 18.6 Å². The Morgan fingerprint density at radius 1 is 1.05 bits per heavy atom. The van der Waals surface area contributed by atoms with Gasteiger partial charge in [-0.1, -0.05) is 60.7 Å². The predicted molar refractivity (Wildman–Crippen MR) is 161 cm³/mol. The minimum absolute atomic E-state index is 0.0198. The van der Waals surface area contributed by atoms with Crippen LogP contribution in [0.3, 0.4) is 0 Å². The van der Waals surface area contributed by atoms with Crippen LogP contribution >= 0.6 is 23.2 Å². The molecule has 2 amide bonds. The van der Waals surface area contributed by atoms with Gasteiger partial charge in [0.25, 0.3) is 0 Å². The summed E-state index contributed by atoms with van der Waals surface area (Å²) in [5.74, 6) is -0.0783. The molecule has 8 nitrogen and oxygen atoms in total. The molecule has 0 bridgehead atoms. The second-order valence-electron chi connectivity index (χ2n) is 10.1. The summed E-state index contributed by atoms with van der Waals surface area (Å²) in [5, 5.41) is 3.91. The molecule has 0 unspecified atom stereocenters. The maximum atomic E-state index is 13.6. The normalized spacial score (nSPS) is 14.8. The van der Waals surface area contributed by atoms with Gasteiger partial charge < -0.3 is 15.0 Å². The number of carbonyl (C=O) groups is 2. The number of ether oxygens (including phenoxy) is 1. The monoisotopic (exact) mass is 611 g/mol. The molecule has 1 saturated carbocycles. The minimum Gasteiger partial charge on any atom is -0.492 e. The molecule has 0 aliphatic heterocycles. The highest BCUT2D eigenvalue weighted by molar-refractivity contribution is 7.92. The van der Waals surface area contributed by atoms with Crippen molar-refractivity contribution < 1.29 is 22.7 Å². The van der Waals surface area contributed by atoms with Crippen LogP contribution in [-0.4, -0.2) is 56.6 Å². The van der Waals surface area contributed by atoms with Gasteiger partial charge >= 0.3 is 0 Å². The van der Waals surface area contributed by atoms with Crippen LogP contribution in [0, 0.1) is 0 Å². The molecule has 11 heteroatoms. The number of anilines is 1. The largest absolute Gasteiger partial charge is 0.492 e. The van der Waals surface area contributed by atoms with E-state index in [1.54, 1.807) is 49.4 Å². The number of nitrogens with zero attached hydrogens (tertiary/aromatic N) is 2. The Hall–Kier alpha value is -2.49. The predicted octanol–water partition coefficient (Wildman–Crippen LogP) is 5.80. The van der Waals surface area contributed by atoms with Gasteiger partial charge in [-0.05, 0) is 57.4 Å². The molecule has 1 aliphatic carbocycles. The number of rotatable bonds is 13. The van der Waals surface area contributed by atoms with E-state index in [1.807, 2.05) is 6.92 Å². The van der Waals surface area contributed by atoms with Crippen LogP contribution in [0.4, 0.5) is 5.69 Å². The first kappa shape index (κ1) is 32.0. The van der Waals surface area contributed by atoms with Crippen LogP contribution < -0.4 is 14.4 Å². The lowest BCUT2D eigenvalue weighted by atomic mass is 9.95. The fourth-order valence-corrected chi connectivity index (χ4v) is 6.41. The summed E-state index contributed by atoms with van der Waals surface area (Å²) in [6.07, 6.45) is 6.53. The van der Waals surface area contributed by atoms with E-state index in [-0.39, 0.29) is 43.8 Å². The van der Waals surface area contributed by atoms with E-state index in [4.69, 9.17) is 27.9 Å². The Bertz CT molecular complexity index is 1250. The highest BCUT2D eigenvalue weighted by Crippen LogP contribution is 2.31. The lowest BCUT2D eigenvalue weighted by Crippen LogP contribution is -2.50. The molecular weight excluding hydrogens is 573 g/mol. The topological polar surface area (TPSA) is 96.0 Å². The minimum atomic E-state index is -3.65. The first-order chi connectivity index (χ1) is 19.0. The lowest BCUT2D eigenvalue weighted by Gasteiger charge is -2.32. The summed E-state index contributed by atoms with van der Waals surface area (Å²) in [5.41, 5.74) is 0.971. The average molecular weight is 613 g/mol. The SMILES string of the molecule is CCOc1ccccc1N(CCCC(=O)N(Cc1c(Cl)cccc1Cl)[C@@H](C)C(=O)NC1CCCCC1)S(C)(=O)=O. The Morgan fingerprint density at radius 3 is 2.33 bits per heavy atom. The first-order valence-corrected chi connectivity index (χ1v) is 16.4. The van der Waals surface area contributed by atoms with E-state index < -0.39 is 16.1 Å². The van der Waals surface area contributed by atoms with Gasteiger partial charge in [-0.25, -0.2) is 8.42 Å². The number of sulfonamides is 1. The first-order valence-electron chi connectivity index (χ1n) is 13.7. The van der Waals surface area contributed by atoms with Crippen molar-refractivity contribution in [3.63, 3.8) is 0 Å². The van der Waals surface area contributed by atoms with Gasteiger partial charge in [0.2, 0.25) is 21.8 Å². The zero-order valence-corrected chi connectivity index (χ0v) is 25.7. The highest BCUT2D eigenvalue weighted by atomic mass is 35.5. The fraction of sp³-hybridized carbons (Fsp3) is 0.517. The smallest absolute Gasteiger partial charge is 0.242 e. The second-order valence-corrected chi connectivity index (χ2v) is 12.8. The molecule has 2 aromatic rings. The summed E-state index contributed by atoms with van der Waals surface area (Å²) in [4.78, 5) is 28.3. The maximum Gasteiger partial charge on any atom is 0.242 e. The molecule has 1 aliphatic rings. The zero-order chi connectivity index (χ0) is 29.3. The number of hydrogen-bond donors (Lipinski definition) is 1. The quantitative estimate of drug-likeness (QED) is 0.308. The van der Waals surface area contributed by atoms with Gasteiger partial charge in [0.1, 0.15) is 11.8 Å². The molecule has 40 heavy (non-hydrogen) atoms. The van der Waals surface area contributed by atoms with E-state index in [9.17, 15) is 18.0 Å². The third kappa shape index (κ3) is 8.75. The van der Waals surface area contributed by atoms with Crippen molar-refractivity contribution in [1.29, 1.82) is 0 Å². The molecule has 220 valence electrons. The molecule has 0 radical (unpaired) electrons. The van der Waals surface area contributed by atoms with Crippen molar-refractivity contribution in [1.82, 2.24) is 10.2 Å². The molecule has 0 saturated heterocycles. The summed E-state index contributed by atoms with van der Waals surface area (Å²) >= 11 is 12.8. The van der Waals surface area contributed by atoms with Gasteiger partial charge in [-0.15, -0.1) is 0 Å². The van der Waals surface area contributed by atoms with Gasteiger partial charge in [0.15, 0.2) is 0 Å². The van der Waals surface area contributed by atoms with Gasteiger partial charge in [0, 0.05) is 41.2 Å². The molecule has 0 spiro atoms. The zero-order valence-electron chi connectivity index (χ0n) is 23.4. The van der Waals surface area contributed by atoms with E-state index >= 15 is 0 Å². The van der Waals surface area contributed by atoms with E-state index in [0.717, 1.165) is 38.4 Å². The maximum absolute atomic E-state index is 13.6. The van der Waals surface area contributed by atoms with Crippen LogP contribution in [0.1, 0.15) is 64.4 Å². The Labute approximate surface area is 248 Å². The standard InChI is InChI=1S/C29H39Cl2N3O5S/c1-4-39-27-17-9-8-16-26(27)34(40(3,37)38)19-11-18-28(35)33(20-23-24(30)14-10-15-25(23)31)21(2)29(36)32-22-12-6-5-7-13-22/h8-10,14-17,21-22H,4-7,11-13,18-20H2,1-3H3,(H,32,36)/t21-/m0/s1. The van der Waals surface area contributed by atoms with Crippen molar-refractivity contribution in [2.24, 2.45) is 0 Å². The second kappa shape index (κ2) is 14.9. The van der Waals surface area contributed by atoms with Crippen molar-refractivity contribution in [3.8, 4) is 5.75 Å². The van der Waals surface area contributed by atoms with Crippen LogP contribution in [0.2, 0.25) is 10.0 Å². The molecule has 1 fully saturated rings. The number of halogens is 2. The van der Waals surface area contributed by atoms with Crippen molar-refractivity contribution in [3.05, 3.63) is 58.1 Å². The number of benzene rings is 2. The van der Waals surface area contributed by atoms with Crippen LogP contribution in [0.5, 0.6) is 5.75 Å². The van der Waals surface area contributed by atoms with E-state index in [0.29, 0.717) is 33.7 Å². The summed E-state index contributed by atoms with van der Waals surface area (Å²) in [6.45, 7) is 4.03. The summed E-state index contributed by atoms with van der Waals surface area (Å²) < 4.78 is 32.3. The molecule has 0 aromatic heterocycles. The fourth-order valence-electron chi connectivity index (χ4n) is 4.93. The molecule has 2 aromatic carbocycles. The van der Waals surface area contributed by atoms with E-state index in [2.05, 4.69) is 5.32 Å². The van der Waals surface area contributed by atoms with Crippen molar-refractivity contribution >= 4 is 50.7 Å². The number of carbonyl (C=O) groups excluding carboxylic acids is 2. The number of hydrogen-bond acceptors (Lipinski definition) is 5. The van der Waals surface area contributed by atoms with Crippen LogP contribution in [0.25, 0.3) is 0 Å². The molecule has 1 atom stereocenters. The summed E-state index contributed by atoms with van der Waals surface area (Å²) in [7, 11) is -3.65. The van der Waals surface area contributed by atoms with Gasteiger partial charge in [-0.3, -0.25) is 13.9 Å². The van der Waals surface area contributed by atoms with Crippen molar-refractivity contribution in [2.45, 2.75) is 77.4 Å². The number of para-hydroxylation sites is 2. The third-order valence-electron chi connectivity index (χ3n) is 7.09. The third-order valence-corrected chi connectivity index (χ3v) is 8.98. The molecule has 1 N–H and O–H groups in total. The summed E-state index contributed by atoms with van der Waals surface area (Å²) in [6, 6.07) is 11.3.